The minimum atomic E-state index is -4.17. The first-order valence-corrected chi connectivity index (χ1v) is 7.97. The summed E-state index contributed by atoms with van der Waals surface area (Å²) < 4.78 is 44.9. The maximum absolute atomic E-state index is 13.0. The van der Waals surface area contributed by atoms with E-state index in [-0.39, 0.29) is 37.3 Å². The molecule has 6 heteroatoms. The predicted molar refractivity (Wildman–Crippen MR) is 74.7 cm³/mol. The minimum Gasteiger partial charge on any atom is -0.488 e. The highest BCUT2D eigenvalue weighted by atomic mass is 19.4. The van der Waals surface area contributed by atoms with Crippen LogP contribution < -0.4 is 4.74 Å². The van der Waals surface area contributed by atoms with Gasteiger partial charge in [-0.15, -0.1) is 0 Å². The SMILES string of the molecule is O=C(N1C[C@@H]2C[C@H]1c1ccccc1O2)C12CC(C(F)(F)F)(C1)C2. The Hall–Kier alpha value is -1.72. The summed E-state index contributed by atoms with van der Waals surface area (Å²) in [5.41, 5.74) is -1.36. The number of fused-ring (bicyclic) bond motifs is 4. The van der Waals surface area contributed by atoms with E-state index >= 15 is 0 Å². The molecule has 1 aromatic rings. The number of nitrogens with zero attached hydrogens (tertiary/aromatic N) is 1. The molecule has 4 fully saturated rings. The number of benzene rings is 1. The van der Waals surface area contributed by atoms with Gasteiger partial charge in [0.15, 0.2) is 0 Å². The molecule has 0 aromatic heterocycles. The molecule has 3 aliphatic carbocycles. The van der Waals surface area contributed by atoms with Crippen LogP contribution in [0.25, 0.3) is 0 Å². The van der Waals surface area contributed by atoms with Crippen LogP contribution in [0.15, 0.2) is 24.3 Å². The molecular formula is C17H16F3NO2. The Balaban J connectivity index is 1.40. The lowest BCUT2D eigenvalue weighted by molar-refractivity contribution is -0.353. The molecule has 2 aliphatic heterocycles. The minimum absolute atomic E-state index is 0.0290. The van der Waals surface area contributed by atoms with Gasteiger partial charge >= 0.3 is 6.18 Å². The Morgan fingerprint density at radius 2 is 1.91 bits per heavy atom. The largest absolute Gasteiger partial charge is 0.488 e. The van der Waals surface area contributed by atoms with Gasteiger partial charge < -0.3 is 9.64 Å². The van der Waals surface area contributed by atoms with Crippen molar-refractivity contribution in [2.45, 2.75) is 44.0 Å². The smallest absolute Gasteiger partial charge is 0.394 e. The number of hydrogen-bond acceptors (Lipinski definition) is 2. The Kier molecular flexibility index (Phi) is 2.29. The van der Waals surface area contributed by atoms with Crippen molar-refractivity contribution in [3.05, 3.63) is 29.8 Å². The van der Waals surface area contributed by atoms with Gasteiger partial charge in [-0.3, -0.25) is 4.79 Å². The molecule has 0 unspecified atom stereocenters. The van der Waals surface area contributed by atoms with E-state index in [0.29, 0.717) is 6.54 Å². The standard InChI is InChI=1S/C17H16F3NO2/c18-17(19,20)16-7-15(8-16,9-16)14(22)21-6-10-5-12(21)11-3-1-2-4-13(11)23-10/h1-4,10,12H,5-9H2/t10-,12-,15?,16?/m0/s1. The third-order valence-corrected chi connectivity index (χ3v) is 6.18. The summed E-state index contributed by atoms with van der Waals surface area (Å²) in [6, 6.07) is 7.59. The number of hydrogen-bond donors (Lipinski definition) is 0. The molecule has 3 saturated carbocycles. The number of para-hydroxylation sites is 1. The van der Waals surface area contributed by atoms with Crippen LogP contribution in [-0.4, -0.2) is 29.6 Å². The average Bonchev–Trinajstić information content (AvgIpc) is 2.72. The van der Waals surface area contributed by atoms with E-state index in [4.69, 9.17) is 4.74 Å². The lowest BCUT2D eigenvalue weighted by Gasteiger charge is -2.69. The molecule has 122 valence electrons. The summed E-state index contributed by atoms with van der Waals surface area (Å²) in [5, 5.41) is 0. The molecule has 0 radical (unpaired) electrons. The number of halogens is 3. The monoisotopic (exact) mass is 323 g/mol. The molecule has 6 rings (SSSR count). The first kappa shape index (κ1) is 13.7. The fourth-order valence-corrected chi connectivity index (χ4v) is 5.06. The van der Waals surface area contributed by atoms with Gasteiger partial charge in [0.2, 0.25) is 5.91 Å². The van der Waals surface area contributed by atoms with Crippen molar-refractivity contribution in [1.29, 1.82) is 0 Å². The Bertz CT molecular complexity index is 694. The molecule has 3 nitrogen and oxygen atoms in total. The molecule has 5 aliphatic rings. The van der Waals surface area contributed by atoms with Crippen molar-refractivity contribution < 1.29 is 22.7 Å². The van der Waals surface area contributed by atoms with Crippen LogP contribution >= 0.6 is 0 Å². The molecule has 1 saturated heterocycles. The number of amides is 1. The topological polar surface area (TPSA) is 29.5 Å². The van der Waals surface area contributed by atoms with Crippen LogP contribution in [0, 0.1) is 10.8 Å². The second kappa shape index (κ2) is 3.84. The van der Waals surface area contributed by atoms with Gasteiger partial charge in [0.1, 0.15) is 11.9 Å². The average molecular weight is 323 g/mol. The summed E-state index contributed by atoms with van der Waals surface area (Å²) in [4.78, 5) is 14.7. The van der Waals surface area contributed by atoms with Gasteiger partial charge in [-0.25, -0.2) is 0 Å². The van der Waals surface area contributed by atoms with E-state index in [1.165, 1.54) is 0 Å². The summed E-state index contributed by atoms with van der Waals surface area (Å²) >= 11 is 0. The van der Waals surface area contributed by atoms with Gasteiger partial charge in [0, 0.05) is 12.0 Å². The Morgan fingerprint density at radius 1 is 1.22 bits per heavy atom. The number of carbonyl (C=O) groups is 1. The molecule has 2 heterocycles. The van der Waals surface area contributed by atoms with Crippen LogP contribution in [0.4, 0.5) is 13.2 Å². The second-order valence-electron chi connectivity index (χ2n) is 7.58. The number of carbonyl (C=O) groups excluding carboxylic acids is 1. The number of rotatable bonds is 1. The van der Waals surface area contributed by atoms with Crippen LogP contribution in [0.3, 0.4) is 0 Å². The molecular weight excluding hydrogens is 307 g/mol. The van der Waals surface area contributed by atoms with E-state index in [0.717, 1.165) is 17.7 Å². The number of alkyl halides is 3. The van der Waals surface area contributed by atoms with Gasteiger partial charge in [0.25, 0.3) is 0 Å². The van der Waals surface area contributed by atoms with Crippen LogP contribution in [-0.2, 0) is 4.79 Å². The summed E-state index contributed by atoms with van der Waals surface area (Å²) in [7, 11) is 0. The van der Waals surface area contributed by atoms with E-state index in [9.17, 15) is 18.0 Å². The molecule has 4 bridgehead atoms. The van der Waals surface area contributed by atoms with E-state index < -0.39 is 17.0 Å². The Morgan fingerprint density at radius 3 is 2.61 bits per heavy atom. The number of ether oxygens (including phenoxy) is 1. The molecule has 1 amide bonds. The maximum atomic E-state index is 13.0. The summed E-state index contributed by atoms with van der Waals surface area (Å²) in [6.45, 7) is 0.485. The maximum Gasteiger partial charge on any atom is 0.394 e. The van der Waals surface area contributed by atoms with Crippen molar-refractivity contribution in [3.8, 4) is 5.75 Å². The van der Waals surface area contributed by atoms with Gasteiger partial charge in [-0.2, -0.15) is 13.2 Å². The Labute approximate surface area is 131 Å². The first-order chi connectivity index (χ1) is 10.8. The second-order valence-corrected chi connectivity index (χ2v) is 7.58. The molecule has 0 N–H and O–H groups in total. The van der Waals surface area contributed by atoms with Gasteiger partial charge in [-0.05, 0) is 25.3 Å². The fourth-order valence-electron chi connectivity index (χ4n) is 5.06. The van der Waals surface area contributed by atoms with Crippen LogP contribution in [0.1, 0.15) is 37.3 Å². The lowest BCUT2D eigenvalue weighted by Crippen LogP contribution is -2.72. The highest BCUT2D eigenvalue weighted by Gasteiger charge is 2.81. The van der Waals surface area contributed by atoms with Gasteiger partial charge in [0.05, 0.1) is 23.4 Å². The first-order valence-electron chi connectivity index (χ1n) is 7.97. The highest BCUT2D eigenvalue weighted by Crippen LogP contribution is 2.79. The molecule has 0 spiro atoms. The van der Waals surface area contributed by atoms with Crippen molar-refractivity contribution in [2.75, 3.05) is 6.54 Å². The summed E-state index contributed by atoms with van der Waals surface area (Å²) in [5.74, 6) is 0.699. The predicted octanol–water partition coefficient (Wildman–Crippen LogP) is 3.45. The van der Waals surface area contributed by atoms with E-state index in [1.54, 1.807) is 4.90 Å². The van der Waals surface area contributed by atoms with E-state index in [1.807, 2.05) is 24.3 Å². The quantitative estimate of drug-likeness (QED) is 0.792. The third kappa shape index (κ3) is 1.54. The third-order valence-electron chi connectivity index (χ3n) is 6.18. The lowest BCUT2D eigenvalue weighted by atomic mass is 9.34. The molecule has 1 aromatic carbocycles. The van der Waals surface area contributed by atoms with Crippen molar-refractivity contribution in [3.63, 3.8) is 0 Å². The normalized spacial score (nSPS) is 39.9. The summed E-state index contributed by atoms with van der Waals surface area (Å²) in [6.07, 6.45) is -3.56. The zero-order valence-corrected chi connectivity index (χ0v) is 12.4. The highest BCUT2D eigenvalue weighted by molar-refractivity contribution is 5.87. The molecule has 2 atom stereocenters. The van der Waals surface area contributed by atoms with Gasteiger partial charge in [-0.1, -0.05) is 18.2 Å². The molecule has 23 heavy (non-hydrogen) atoms. The zero-order valence-electron chi connectivity index (χ0n) is 12.4. The van der Waals surface area contributed by atoms with Crippen LogP contribution in [0.5, 0.6) is 5.75 Å². The number of likely N-dealkylation sites (tertiary alicyclic amines) is 1. The van der Waals surface area contributed by atoms with E-state index in [2.05, 4.69) is 0 Å². The fraction of sp³-hybridized carbons (Fsp3) is 0.588. The van der Waals surface area contributed by atoms with Crippen molar-refractivity contribution >= 4 is 5.91 Å². The van der Waals surface area contributed by atoms with Crippen LogP contribution in [0.2, 0.25) is 0 Å². The zero-order chi connectivity index (χ0) is 16.0. The van der Waals surface area contributed by atoms with Crippen molar-refractivity contribution in [2.24, 2.45) is 10.8 Å². The van der Waals surface area contributed by atoms with Crippen molar-refractivity contribution in [1.82, 2.24) is 4.90 Å².